The Kier molecular flexibility index (Phi) is 5.49. The maximum atomic E-state index is 14.1. The summed E-state index contributed by atoms with van der Waals surface area (Å²) < 4.78 is 34.5. The SMILES string of the molecule is Cc1ncc(C(=O)N(C)[C@@H](C)CC[C@H](C)c2nc3c4cc(F)cc(F)c4nc(N)n3n2)o1. The quantitative estimate of drug-likeness (QED) is 0.485. The normalized spacial score (nSPS) is 13.6. The number of nitrogens with zero attached hydrogens (tertiary/aromatic N) is 6. The molecule has 1 aromatic carbocycles. The van der Waals surface area contributed by atoms with E-state index in [1.54, 1.807) is 18.9 Å². The van der Waals surface area contributed by atoms with E-state index >= 15 is 0 Å². The molecule has 2 N–H and O–H groups in total. The van der Waals surface area contributed by atoms with Crippen molar-refractivity contribution in [3.05, 3.63) is 47.4 Å². The minimum atomic E-state index is -0.810. The molecule has 3 heterocycles. The number of oxazole rings is 1. The van der Waals surface area contributed by atoms with Gasteiger partial charge in [0.2, 0.25) is 11.7 Å². The van der Waals surface area contributed by atoms with Crippen LogP contribution in [0.2, 0.25) is 0 Å². The molecule has 168 valence electrons. The van der Waals surface area contributed by atoms with Gasteiger partial charge in [-0.2, -0.15) is 4.52 Å². The molecule has 11 heteroatoms. The smallest absolute Gasteiger partial charge is 0.291 e. The number of aryl methyl sites for hydroxylation is 1. The Labute approximate surface area is 182 Å². The Bertz CT molecular complexity index is 1320. The number of rotatable bonds is 6. The van der Waals surface area contributed by atoms with Crippen LogP contribution in [0.15, 0.2) is 22.7 Å². The van der Waals surface area contributed by atoms with Gasteiger partial charge in [-0.3, -0.25) is 4.79 Å². The molecule has 0 fully saturated rings. The summed E-state index contributed by atoms with van der Waals surface area (Å²) in [6, 6.07) is 1.84. The highest BCUT2D eigenvalue weighted by atomic mass is 19.1. The van der Waals surface area contributed by atoms with Crippen molar-refractivity contribution in [1.29, 1.82) is 0 Å². The molecule has 0 radical (unpaired) electrons. The fraction of sp³-hybridized carbons (Fsp3) is 0.381. The maximum Gasteiger partial charge on any atom is 0.291 e. The Morgan fingerprint density at radius 3 is 2.69 bits per heavy atom. The highest BCUT2D eigenvalue weighted by molar-refractivity contribution is 5.92. The first-order valence-electron chi connectivity index (χ1n) is 10.2. The predicted molar refractivity (Wildman–Crippen MR) is 113 cm³/mol. The first kappa shape index (κ1) is 21.6. The average molecular weight is 443 g/mol. The van der Waals surface area contributed by atoms with Crippen LogP contribution in [0.1, 0.15) is 54.9 Å². The number of anilines is 1. The fourth-order valence-corrected chi connectivity index (χ4v) is 3.53. The van der Waals surface area contributed by atoms with Gasteiger partial charge in [0.25, 0.3) is 5.91 Å². The average Bonchev–Trinajstić information content (AvgIpc) is 3.39. The molecular formula is C21H23F2N7O2. The monoisotopic (exact) mass is 443 g/mol. The number of nitrogens with two attached hydrogens (primary N) is 1. The summed E-state index contributed by atoms with van der Waals surface area (Å²) in [6.45, 7) is 5.56. The van der Waals surface area contributed by atoms with Crippen LogP contribution in [-0.2, 0) is 0 Å². The number of aromatic nitrogens is 5. The highest BCUT2D eigenvalue weighted by Gasteiger charge is 2.23. The van der Waals surface area contributed by atoms with Crippen molar-refractivity contribution < 1.29 is 18.0 Å². The third-order valence-electron chi connectivity index (χ3n) is 5.61. The lowest BCUT2D eigenvalue weighted by atomic mass is 10.0. The van der Waals surface area contributed by atoms with Gasteiger partial charge < -0.3 is 15.1 Å². The lowest BCUT2D eigenvalue weighted by molar-refractivity contribution is 0.0700. The van der Waals surface area contributed by atoms with E-state index < -0.39 is 11.6 Å². The molecule has 0 saturated carbocycles. The molecule has 32 heavy (non-hydrogen) atoms. The number of hydrogen-bond acceptors (Lipinski definition) is 7. The summed E-state index contributed by atoms with van der Waals surface area (Å²) in [5.74, 6) is -0.817. The summed E-state index contributed by atoms with van der Waals surface area (Å²) in [5, 5.41) is 4.60. The van der Waals surface area contributed by atoms with E-state index in [4.69, 9.17) is 10.2 Å². The molecule has 0 bridgehead atoms. The fourth-order valence-electron chi connectivity index (χ4n) is 3.53. The molecule has 4 aromatic rings. The molecule has 9 nitrogen and oxygen atoms in total. The minimum absolute atomic E-state index is 0.0370. The first-order valence-corrected chi connectivity index (χ1v) is 10.2. The van der Waals surface area contributed by atoms with E-state index in [0.29, 0.717) is 24.6 Å². The number of halogens is 2. The Balaban J connectivity index is 1.52. The van der Waals surface area contributed by atoms with Crippen LogP contribution in [0.25, 0.3) is 16.6 Å². The number of fused-ring (bicyclic) bond motifs is 3. The molecule has 0 saturated heterocycles. The van der Waals surface area contributed by atoms with E-state index in [0.717, 1.165) is 12.1 Å². The van der Waals surface area contributed by atoms with Gasteiger partial charge >= 0.3 is 0 Å². The molecule has 0 spiro atoms. The van der Waals surface area contributed by atoms with Crippen molar-refractivity contribution in [3.63, 3.8) is 0 Å². The van der Waals surface area contributed by atoms with Gasteiger partial charge in [-0.15, -0.1) is 5.10 Å². The van der Waals surface area contributed by atoms with E-state index in [-0.39, 0.29) is 46.1 Å². The molecule has 4 rings (SSSR count). The molecule has 3 aromatic heterocycles. The summed E-state index contributed by atoms with van der Waals surface area (Å²) in [4.78, 5) is 26.6. The number of amides is 1. The summed E-state index contributed by atoms with van der Waals surface area (Å²) >= 11 is 0. The van der Waals surface area contributed by atoms with Crippen LogP contribution < -0.4 is 5.73 Å². The van der Waals surface area contributed by atoms with Crippen molar-refractivity contribution in [1.82, 2.24) is 29.5 Å². The van der Waals surface area contributed by atoms with Crippen molar-refractivity contribution in [2.24, 2.45) is 0 Å². The molecule has 0 unspecified atom stereocenters. The number of hydrogen-bond donors (Lipinski definition) is 1. The van der Waals surface area contributed by atoms with Gasteiger partial charge in [-0.1, -0.05) is 6.92 Å². The predicted octanol–water partition coefficient (Wildman–Crippen LogP) is 3.48. The van der Waals surface area contributed by atoms with Gasteiger partial charge in [0.05, 0.1) is 11.6 Å². The van der Waals surface area contributed by atoms with Gasteiger partial charge in [-0.25, -0.2) is 23.7 Å². The topological polar surface area (TPSA) is 115 Å². The van der Waals surface area contributed by atoms with Gasteiger partial charge in [0.15, 0.2) is 23.2 Å². The third-order valence-corrected chi connectivity index (χ3v) is 5.61. The van der Waals surface area contributed by atoms with Crippen molar-refractivity contribution in [2.75, 3.05) is 12.8 Å². The largest absolute Gasteiger partial charge is 0.436 e. The van der Waals surface area contributed by atoms with E-state index in [2.05, 4.69) is 20.1 Å². The highest BCUT2D eigenvalue weighted by Crippen LogP contribution is 2.26. The third kappa shape index (κ3) is 3.85. The molecule has 0 aliphatic carbocycles. The van der Waals surface area contributed by atoms with Gasteiger partial charge in [0.1, 0.15) is 11.3 Å². The van der Waals surface area contributed by atoms with E-state index in [9.17, 15) is 13.6 Å². The second-order valence-electron chi connectivity index (χ2n) is 7.95. The van der Waals surface area contributed by atoms with E-state index in [1.165, 1.54) is 10.7 Å². The van der Waals surface area contributed by atoms with Gasteiger partial charge in [-0.05, 0) is 25.8 Å². The molecule has 1 amide bonds. The van der Waals surface area contributed by atoms with Crippen molar-refractivity contribution >= 4 is 28.4 Å². The number of nitrogen functional groups attached to an aromatic ring is 1. The van der Waals surface area contributed by atoms with Crippen LogP contribution in [0.5, 0.6) is 0 Å². The summed E-state index contributed by atoms with van der Waals surface area (Å²) in [6.07, 6.45) is 2.75. The van der Waals surface area contributed by atoms with Crippen molar-refractivity contribution in [3.8, 4) is 0 Å². The Hall–Kier alpha value is -3.63. The zero-order valence-electron chi connectivity index (χ0n) is 18.1. The zero-order chi connectivity index (χ0) is 23.2. The zero-order valence-corrected chi connectivity index (χ0v) is 18.1. The first-order chi connectivity index (χ1) is 15.2. The number of carbonyl (C=O) groups excluding carboxylic acids is 1. The lowest BCUT2D eigenvalue weighted by Gasteiger charge is -2.24. The van der Waals surface area contributed by atoms with Crippen LogP contribution in [0.3, 0.4) is 0 Å². The van der Waals surface area contributed by atoms with Crippen molar-refractivity contribution in [2.45, 2.75) is 45.6 Å². The number of benzene rings is 1. The molecule has 0 aliphatic heterocycles. The molecule has 0 aliphatic rings. The second kappa shape index (κ2) is 8.13. The van der Waals surface area contributed by atoms with Crippen LogP contribution in [-0.4, -0.2) is 48.5 Å². The molecule has 2 atom stereocenters. The molecular weight excluding hydrogens is 420 g/mol. The summed E-state index contributed by atoms with van der Waals surface area (Å²) in [5.41, 5.74) is 6.11. The Morgan fingerprint density at radius 2 is 2.00 bits per heavy atom. The Morgan fingerprint density at radius 1 is 1.25 bits per heavy atom. The standard InChI is InChI=1S/C21H23F2N7O2/c1-10(5-6-11(2)29(4)20(31)16-9-25-12(3)32-16)18-27-19-14-7-13(22)8-15(23)17(14)26-21(24)30(19)28-18/h7-11H,5-6H2,1-4H3,(H2,24,26)/t10-,11-/m0/s1. The van der Waals surface area contributed by atoms with Crippen LogP contribution in [0.4, 0.5) is 14.7 Å². The van der Waals surface area contributed by atoms with Crippen LogP contribution in [0, 0.1) is 18.6 Å². The summed E-state index contributed by atoms with van der Waals surface area (Å²) in [7, 11) is 1.71. The lowest BCUT2D eigenvalue weighted by Crippen LogP contribution is -2.35. The van der Waals surface area contributed by atoms with Gasteiger partial charge in [0, 0.05) is 32.0 Å². The number of carbonyl (C=O) groups is 1. The maximum absolute atomic E-state index is 14.1. The van der Waals surface area contributed by atoms with Crippen LogP contribution >= 0.6 is 0 Å². The minimum Gasteiger partial charge on any atom is -0.436 e. The second-order valence-corrected chi connectivity index (χ2v) is 7.95. The van der Waals surface area contributed by atoms with E-state index in [1.807, 2.05) is 13.8 Å².